The van der Waals surface area contributed by atoms with E-state index in [1.165, 1.54) is 0 Å². The monoisotopic (exact) mass is 454 g/mol. The van der Waals surface area contributed by atoms with Gasteiger partial charge in [0.1, 0.15) is 48.8 Å². The van der Waals surface area contributed by atoms with Crippen LogP contribution < -0.4 is 22.9 Å². The maximum Gasteiger partial charge on any atom is 0.187 e. The van der Waals surface area contributed by atoms with Crippen LogP contribution in [0.3, 0.4) is 0 Å². The van der Waals surface area contributed by atoms with Crippen molar-refractivity contribution in [2.75, 3.05) is 13.2 Å². The summed E-state index contributed by atoms with van der Waals surface area (Å²) < 4.78 is 22.5. The average molecular weight is 454 g/mol. The Morgan fingerprint density at radius 3 is 1.87 bits per heavy atom. The van der Waals surface area contributed by atoms with E-state index < -0.39 is 92.2 Å². The number of nitrogens with two attached hydrogens (primary N) is 4. The molecule has 1 saturated carbocycles. The maximum atomic E-state index is 10.6. The average Bonchev–Trinajstić information content (AvgIpc) is 3.02. The summed E-state index contributed by atoms with van der Waals surface area (Å²) >= 11 is 0. The molecule has 14 heteroatoms. The molecule has 2 saturated heterocycles. The van der Waals surface area contributed by atoms with Crippen molar-refractivity contribution in [1.82, 2.24) is 0 Å². The van der Waals surface area contributed by atoms with Crippen molar-refractivity contribution < 1.29 is 49.6 Å². The quantitative estimate of drug-likeness (QED) is 0.179. The van der Waals surface area contributed by atoms with E-state index in [1.54, 1.807) is 0 Å². The molecule has 3 fully saturated rings. The van der Waals surface area contributed by atoms with Crippen molar-refractivity contribution in [3.63, 3.8) is 0 Å². The molecule has 14 nitrogen and oxygen atoms in total. The van der Waals surface area contributed by atoms with Crippen LogP contribution in [0, 0.1) is 0 Å². The highest BCUT2D eigenvalue weighted by Crippen LogP contribution is 2.31. The SMILES string of the molecule is NC[C@H]1O[C@H](O[C@H]2[C@@H](O[C@@H]3O[C@H](CO)[C@@H](O)[C@H]3O)[C@@H](O)[C@H](N)C[C@@H]2N)[C@H](N)[C@@H](O)[C@@H]1O. The van der Waals surface area contributed by atoms with Crippen LogP contribution in [0.25, 0.3) is 0 Å². The summed E-state index contributed by atoms with van der Waals surface area (Å²) in [5.41, 5.74) is 23.6. The van der Waals surface area contributed by atoms with Crippen molar-refractivity contribution in [3.05, 3.63) is 0 Å². The van der Waals surface area contributed by atoms with Gasteiger partial charge in [-0.2, -0.15) is 0 Å². The van der Waals surface area contributed by atoms with Crippen LogP contribution >= 0.6 is 0 Å². The summed E-state index contributed by atoms with van der Waals surface area (Å²) in [7, 11) is 0. The molecule has 0 spiro atoms. The van der Waals surface area contributed by atoms with Gasteiger partial charge in [0, 0.05) is 18.6 Å². The van der Waals surface area contributed by atoms with Gasteiger partial charge in [0.25, 0.3) is 0 Å². The van der Waals surface area contributed by atoms with Gasteiger partial charge in [0.2, 0.25) is 0 Å². The molecule has 2 aliphatic heterocycles. The van der Waals surface area contributed by atoms with Crippen LogP contribution in [-0.2, 0) is 18.9 Å². The second kappa shape index (κ2) is 10.1. The summed E-state index contributed by atoms with van der Waals surface area (Å²) in [4.78, 5) is 0. The molecule has 1 aliphatic carbocycles. The zero-order valence-corrected chi connectivity index (χ0v) is 16.8. The van der Waals surface area contributed by atoms with E-state index in [0.717, 1.165) is 0 Å². The fourth-order valence-corrected chi connectivity index (χ4v) is 4.16. The number of rotatable bonds is 6. The molecule has 3 rings (SSSR count). The maximum absolute atomic E-state index is 10.6. The molecule has 3 aliphatic rings. The Bertz CT molecular complexity index is 591. The number of ether oxygens (including phenoxy) is 4. The zero-order valence-electron chi connectivity index (χ0n) is 16.8. The van der Waals surface area contributed by atoms with Crippen molar-refractivity contribution in [1.29, 1.82) is 0 Å². The number of hydrogen-bond acceptors (Lipinski definition) is 14. The standard InChI is InChI=1S/C17H34N4O10/c18-2-6-10(24)12(26)8(21)16(28-6)30-14-5(20)1-4(19)9(23)15(14)31-17-13(27)11(25)7(3-22)29-17/h4-17,22-27H,1-3,18-21H2/t4-,5+,6-,7-,8-,9+,10-,11-,12-,13-,14-,15+,16-,17+/m1/s1. The first-order valence-electron chi connectivity index (χ1n) is 10.2. The molecule has 0 unspecified atom stereocenters. The fourth-order valence-electron chi connectivity index (χ4n) is 4.16. The van der Waals surface area contributed by atoms with Crippen molar-refractivity contribution >= 4 is 0 Å². The molecule has 0 radical (unpaired) electrons. The fraction of sp³-hybridized carbons (Fsp3) is 1.00. The van der Waals surface area contributed by atoms with E-state index in [4.69, 9.17) is 41.9 Å². The van der Waals surface area contributed by atoms with Crippen LogP contribution in [0.1, 0.15) is 6.42 Å². The third kappa shape index (κ3) is 4.87. The summed E-state index contributed by atoms with van der Waals surface area (Å²) in [5.74, 6) is 0. The van der Waals surface area contributed by atoms with Crippen LogP contribution in [0.5, 0.6) is 0 Å². The molecule has 2 heterocycles. The third-order valence-corrected chi connectivity index (χ3v) is 6.13. The first-order chi connectivity index (χ1) is 14.6. The molecule has 0 aromatic rings. The molecule has 0 amide bonds. The molecular weight excluding hydrogens is 420 g/mol. The highest BCUT2D eigenvalue weighted by atomic mass is 16.7. The van der Waals surface area contributed by atoms with Gasteiger partial charge in [-0.1, -0.05) is 0 Å². The van der Waals surface area contributed by atoms with Gasteiger partial charge in [0.05, 0.1) is 18.8 Å². The van der Waals surface area contributed by atoms with Gasteiger partial charge < -0.3 is 72.5 Å². The lowest BCUT2D eigenvalue weighted by Crippen LogP contribution is -2.68. The van der Waals surface area contributed by atoms with Gasteiger partial charge in [-0.25, -0.2) is 0 Å². The zero-order chi connectivity index (χ0) is 23.0. The van der Waals surface area contributed by atoms with Crippen LogP contribution in [-0.4, -0.2) is 129 Å². The van der Waals surface area contributed by atoms with Crippen LogP contribution in [0.4, 0.5) is 0 Å². The lowest BCUT2D eigenvalue weighted by Gasteiger charge is -2.47. The molecule has 0 aromatic carbocycles. The minimum Gasteiger partial charge on any atom is -0.394 e. The molecule has 182 valence electrons. The van der Waals surface area contributed by atoms with Gasteiger partial charge in [-0.05, 0) is 6.42 Å². The van der Waals surface area contributed by atoms with Gasteiger partial charge in [-0.3, -0.25) is 0 Å². The Morgan fingerprint density at radius 1 is 0.710 bits per heavy atom. The van der Waals surface area contributed by atoms with E-state index in [0.29, 0.717) is 0 Å². The molecule has 0 bridgehead atoms. The Balaban J connectivity index is 1.78. The van der Waals surface area contributed by atoms with Crippen LogP contribution in [0.15, 0.2) is 0 Å². The highest BCUT2D eigenvalue weighted by molar-refractivity contribution is 5.01. The molecule has 0 aromatic heterocycles. The van der Waals surface area contributed by atoms with E-state index in [-0.39, 0.29) is 13.0 Å². The van der Waals surface area contributed by atoms with Gasteiger partial charge >= 0.3 is 0 Å². The minimum absolute atomic E-state index is 0.114. The van der Waals surface area contributed by atoms with Crippen molar-refractivity contribution in [2.24, 2.45) is 22.9 Å². The largest absolute Gasteiger partial charge is 0.394 e. The van der Waals surface area contributed by atoms with Gasteiger partial charge in [-0.15, -0.1) is 0 Å². The third-order valence-electron chi connectivity index (χ3n) is 6.13. The first-order valence-corrected chi connectivity index (χ1v) is 10.2. The second-order valence-electron chi connectivity index (χ2n) is 8.30. The highest BCUT2D eigenvalue weighted by Gasteiger charge is 2.52. The molecule has 14 atom stereocenters. The molecular formula is C17H34N4O10. The van der Waals surface area contributed by atoms with E-state index >= 15 is 0 Å². The number of aliphatic hydroxyl groups excluding tert-OH is 6. The predicted molar refractivity (Wildman–Crippen MR) is 102 cm³/mol. The minimum atomic E-state index is -1.51. The van der Waals surface area contributed by atoms with Gasteiger partial charge in [0.15, 0.2) is 12.6 Å². The molecule has 14 N–H and O–H groups in total. The Hall–Kier alpha value is -0.560. The van der Waals surface area contributed by atoms with E-state index in [9.17, 15) is 30.6 Å². The lowest BCUT2D eigenvalue weighted by atomic mass is 9.84. The van der Waals surface area contributed by atoms with E-state index in [2.05, 4.69) is 0 Å². The lowest BCUT2D eigenvalue weighted by molar-refractivity contribution is -0.306. The second-order valence-corrected chi connectivity index (χ2v) is 8.30. The molecule has 31 heavy (non-hydrogen) atoms. The Kier molecular flexibility index (Phi) is 8.21. The summed E-state index contributed by atoms with van der Waals surface area (Å²) in [6.07, 6.45) is -13.8. The van der Waals surface area contributed by atoms with Crippen LogP contribution in [0.2, 0.25) is 0 Å². The Labute approximate surface area is 178 Å². The van der Waals surface area contributed by atoms with Crippen molar-refractivity contribution in [3.8, 4) is 0 Å². The van der Waals surface area contributed by atoms with Crippen molar-refractivity contribution in [2.45, 2.75) is 92.1 Å². The number of aliphatic hydroxyl groups is 6. The van der Waals surface area contributed by atoms with E-state index in [1.807, 2.05) is 0 Å². The normalized spacial score (nSPS) is 53.6. The first kappa shape index (κ1) is 25.1. The summed E-state index contributed by atoms with van der Waals surface area (Å²) in [6, 6.07) is -2.72. The predicted octanol–water partition coefficient (Wildman–Crippen LogP) is -6.65. The topological polar surface area (TPSA) is 262 Å². The number of hydrogen-bond donors (Lipinski definition) is 10. The summed E-state index contributed by atoms with van der Waals surface area (Å²) in [6.45, 7) is -0.673. The Morgan fingerprint density at radius 2 is 1.29 bits per heavy atom. The smallest absolute Gasteiger partial charge is 0.187 e. The summed E-state index contributed by atoms with van der Waals surface area (Å²) in [5, 5.41) is 60.2.